The Morgan fingerprint density at radius 3 is 3.00 bits per heavy atom. The highest BCUT2D eigenvalue weighted by Crippen LogP contribution is 2.21. The number of hydrogen-bond acceptors (Lipinski definition) is 2. The molecule has 1 unspecified atom stereocenters. The maximum Gasteiger partial charge on any atom is 0.270 e. The second kappa shape index (κ2) is 4.47. The van der Waals surface area contributed by atoms with Gasteiger partial charge in [-0.2, -0.15) is 0 Å². The summed E-state index contributed by atoms with van der Waals surface area (Å²) in [5.41, 5.74) is 0.574. The molecule has 16 heavy (non-hydrogen) atoms. The summed E-state index contributed by atoms with van der Waals surface area (Å²) in [6.45, 7) is 0.747. The number of rotatable bonds is 2. The summed E-state index contributed by atoms with van der Waals surface area (Å²) in [6, 6.07) is 1.62. The van der Waals surface area contributed by atoms with Gasteiger partial charge in [0.15, 0.2) is 0 Å². The predicted octanol–water partition coefficient (Wildman–Crippen LogP) is 1.28. The Kier molecular flexibility index (Phi) is 3.21. The molecule has 1 aromatic rings. The molecular formula is C11H15ClN2O2. The van der Waals surface area contributed by atoms with Crippen LogP contribution in [0.2, 0.25) is 5.02 Å². The van der Waals surface area contributed by atoms with Crippen LogP contribution in [-0.2, 0) is 7.05 Å². The van der Waals surface area contributed by atoms with E-state index >= 15 is 0 Å². The van der Waals surface area contributed by atoms with Crippen LogP contribution in [0.3, 0.4) is 0 Å². The Bertz CT molecular complexity index is 403. The van der Waals surface area contributed by atoms with E-state index in [1.54, 1.807) is 28.8 Å². The highest BCUT2D eigenvalue weighted by atomic mass is 35.5. The number of hydrogen-bond donors (Lipinski definition) is 1. The molecule has 1 aliphatic rings. The molecule has 2 heterocycles. The molecule has 5 heteroatoms. The van der Waals surface area contributed by atoms with E-state index in [1.165, 1.54) is 0 Å². The van der Waals surface area contributed by atoms with Crippen molar-refractivity contribution in [2.75, 3.05) is 13.2 Å². The smallest absolute Gasteiger partial charge is 0.270 e. The van der Waals surface area contributed by atoms with Crippen molar-refractivity contribution in [3.05, 3.63) is 23.0 Å². The molecule has 2 rings (SSSR count). The van der Waals surface area contributed by atoms with Crippen molar-refractivity contribution in [2.45, 2.75) is 18.9 Å². The minimum atomic E-state index is -0.0500. The zero-order valence-corrected chi connectivity index (χ0v) is 9.94. The Morgan fingerprint density at radius 1 is 1.69 bits per heavy atom. The first kappa shape index (κ1) is 11.5. The maximum absolute atomic E-state index is 12.2. The van der Waals surface area contributed by atoms with Crippen molar-refractivity contribution in [3.8, 4) is 0 Å². The van der Waals surface area contributed by atoms with Crippen LogP contribution in [0.25, 0.3) is 0 Å². The van der Waals surface area contributed by atoms with Crippen LogP contribution >= 0.6 is 11.6 Å². The lowest BCUT2D eigenvalue weighted by Crippen LogP contribution is -2.38. The maximum atomic E-state index is 12.2. The zero-order chi connectivity index (χ0) is 11.7. The first-order valence-corrected chi connectivity index (χ1v) is 5.75. The number of aromatic nitrogens is 1. The molecule has 4 nitrogen and oxygen atoms in total. The van der Waals surface area contributed by atoms with E-state index < -0.39 is 0 Å². The minimum absolute atomic E-state index is 0.0316. The molecule has 0 aliphatic carbocycles. The summed E-state index contributed by atoms with van der Waals surface area (Å²) in [7, 11) is 1.79. The van der Waals surface area contributed by atoms with E-state index in [0.717, 1.165) is 12.8 Å². The highest BCUT2D eigenvalue weighted by molar-refractivity contribution is 6.31. The monoisotopic (exact) mass is 242 g/mol. The number of likely N-dealkylation sites (tertiary alicyclic amines) is 1. The predicted molar refractivity (Wildman–Crippen MR) is 61.6 cm³/mol. The van der Waals surface area contributed by atoms with E-state index in [4.69, 9.17) is 11.6 Å². The molecule has 88 valence electrons. The quantitative estimate of drug-likeness (QED) is 0.849. The molecular weight excluding hydrogens is 228 g/mol. The molecule has 0 aromatic carbocycles. The highest BCUT2D eigenvalue weighted by Gasteiger charge is 2.29. The van der Waals surface area contributed by atoms with E-state index in [2.05, 4.69) is 0 Å². The molecule has 1 amide bonds. The van der Waals surface area contributed by atoms with Crippen LogP contribution in [-0.4, -0.2) is 39.7 Å². The van der Waals surface area contributed by atoms with Crippen molar-refractivity contribution in [1.82, 2.24) is 9.47 Å². The normalized spacial score (nSPS) is 20.4. The van der Waals surface area contributed by atoms with Gasteiger partial charge in [0.1, 0.15) is 5.69 Å². The first-order chi connectivity index (χ1) is 7.63. The summed E-state index contributed by atoms with van der Waals surface area (Å²) >= 11 is 5.85. The van der Waals surface area contributed by atoms with Gasteiger partial charge in [-0.15, -0.1) is 0 Å². The summed E-state index contributed by atoms with van der Waals surface area (Å²) in [5, 5.41) is 9.74. The van der Waals surface area contributed by atoms with Gasteiger partial charge in [0.25, 0.3) is 5.91 Å². The van der Waals surface area contributed by atoms with Gasteiger partial charge in [0, 0.05) is 19.8 Å². The average molecular weight is 243 g/mol. The molecule has 1 atom stereocenters. The molecule has 0 spiro atoms. The van der Waals surface area contributed by atoms with Gasteiger partial charge in [0.2, 0.25) is 0 Å². The van der Waals surface area contributed by atoms with Crippen LogP contribution < -0.4 is 0 Å². The van der Waals surface area contributed by atoms with Gasteiger partial charge in [-0.3, -0.25) is 4.79 Å². The first-order valence-electron chi connectivity index (χ1n) is 5.37. The number of carbonyl (C=O) groups excluding carboxylic acids is 1. The van der Waals surface area contributed by atoms with Crippen LogP contribution in [0.4, 0.5) is 0 Å². The van der Waals surface area contributed by atoms with Crippen molar-refractivity contribution >= 4 is 17.5 Å². The van der Waals surface area contributed by atoms with E-state index in [9.17, 15) is 9.90 Å². The van der Waals surface area contributed by atoms with Gasteiger partial charge >= 0.3 is 0 Å². The summed E-state index contributed by atoms with van der Waals surface area (Å²) in [6.07, 6.45) is 3.54. The molecule has 1 N–H and O–H groups in total. The van der Waals surface area contributed by atoms with E-state index in [0.29, 0.717) is 17.3 Å². The third kappa shape index (κ3) is 1.95. The van der Waals surface area contributed by atoms with Gasteiger partial charge in [0.05, 0.1) is 17.7 Å². The van der Waals surface area contributed by atoms with Crippen LogP contribution in [0.1, 0.15) is 23.3 Å². The fourth-order valence-electron chi connectivity index (χ4n) is 2.18. The molecule has 1 fully saturated rings. The number of amides is 1. The van der Waals surface area contributed by atoms with Crippen molar-refractivity contribution in [3.63, 3.8) is 0 Å². The topological polar surface area (TPSA) is 45.5 Å². The third-order valence-corrected chi connectivity index (χ3v) is 3.25. The van der Waals surface area contributed by atoms with Crippen molar-refractivity contribution in [1.29, 1.82) is 0 Å². The van der Waals surface area contributed by atoms with E-state index in [1.807, 2.05) is 0 Å². The van der Waals surface area contributed by atoms with E-state index in [-0.39, 0.29) is 18.6 Å². The number of halogens is 1. The van der Waals surface area contributed by atoms with Crippen molar-refractivity contribution < 1.29 is 9.90 Å². The second-order valence-electron chi connectivity index (χ2n) is 4.13. The molecule has 0 radical (unpaired) electrons. The number of aliphatic hydroxyl groups is 1. The molecule has 1 saturated heterocycles. The Balaban J connectivity index is 2.21. The number of carbonyl (C=O) groups is 1. The number of aryl methyl sites for hydroxylation is 1. The minimum Gasteiger partial charge on any atom is -0.394 e. The van der Waals surface area contributed by atoms with Gasteiger partial charge < -0.3 is 14.6 Å². The molecule has 1 aliphatic heterocycles. The summed E-state index contributed by atoms with van der Waals surface area (Å²) < 4.78 is 1.72. The number of nitrogens with zero attached hydrogens (tertiary/aromatic N) is 2. The second-order valence-corrected chi connectivity index (χ2v) is 4.57. The summed E-state index contributed by atoms with van der Waals surface area (Å²) in [4.78, 5) is 13.9. The zero-order valence-electron chi connectivity index (χ0n) is 9.19. The van der Waals surface area contributed by atoms with Crippen LogP contribution in [0, 0.1) is 0 Å². The Labute approximate surface area is 99.4 Å². The van der Waals surface area contributed by atoms with Gasteiger partial charge in [-0.25, -0.2) is 0 Å². The molecule has 0 saturated carbocycles. The standard InChI is InChI=1S/C11H15ClN2O2/c1-13-6-8(12)5-10(13)11(16)14-4-2-3-9(14)7-15/h5-6,9,15H,2-4,7H2,1H3. The van der Waals surface area contributed by atoms with Crippen molar-refractivity contribution in [2.24, 2.45) is 7.05 Å². The largest absolute Gasteiger partial charge is 0.394 e. The Hall–Kier alpha value is -1.00. The molecule has 1 aromatic heterocycles. The van der Waals surface area contributed by atoms with Crippen LogP contribution in [0.15, 0.2) is 12.3 Å². The fourth-order valence-corrected chi connectivity index (χ4v) is 2.43. The lowest BCUT2D eigenvalue weighted by molar-refractivity contribution is 0.0668. The lowest BCUT2D eigenvalue weighted by Gasteiger charge is -2.23. The van der Waals surface area contributed by atoms with Crippen LogP contribution in [0.5, 0.6) is 0 Å². The lowest BCUT2D eigenvalue weighted by atomic mass is 10.2. The fraction of sp³-hybridized carbons (Fsp3) is 0.545. The third-order valence-electron chi connectivity index (χ3n) is 3.04. The molecule has 0 bridgehead atoms. The number of aliphatic hydroxyl groups excluding tert-OH is 1. The van der Waals surface area contributed by atoms with Gasteiger partial charge in [-0.1, -0.05) is 11.6 Å². The SMILES string of the molecule is Cn1cc(Cl)cc1C(=O)N1CCCC1CO. The summed E-state index contributed by atoms with van der Waals surface area (Å²) in [5.74, 6) is -0.0500. The van der Waals surface area contributed by atoms with Gasteiger partial charge in [-0.05, 0) is 18.9 Å². The Morgan fingerprint density at radius 2 is 2.44 bits per heavy atom. The average Bonchev–Trinajstić information content (AvgIpc) is 2.83.